The van der Waals surface area contributed by atoms with E-state index in [9.17, 15) is 22.8 Å². The van der Waals surface area contributed by atoms with Gasteiger partial charge in [-0.25, -0.2) is 10.2 Å². The first-order valence-electron chi connectivity index (χ1n) is 8.96. The number of halogens is 3. The third kappa shape index (κ3) is 7.53. The van der Waals surface area contributed by atoms with Crippen LogP contribution in [0.4, 0.5) is 23.7 Å². The molecule has 0 atom stereocenters. The Balaban J connectivity index is 1.96. The number of nitrogens with zero attached hydrogens (tertiary/aromatic N) is 1. The van der Waals surface area contributed by atoms with Gasteiger partial charge in [-0.15, -0.1) is 0 Å². The number of benzene rings is 2. The van der Waals surface area contributed by atoms with E-state index in [1.54, 1.807) is 19.1 Å². The fraction of sp³-hybridized carbons (Fsp3) is 0.250. The molecule has 2 amide bonds. The van der Waals surface area contributed by atoms with E-state index in [0.29, 0.717) is 5.56 Å². The van der Waals surface area contributed by atoms with Crippen molar-refractivity contribution in [1.82, 2.24) is 5.43 Å². The topological polar surface area (TPSA) is 98.3 Å². The third-order valence-electron chi connectivity index (χ3n) is 3.66. The Labute approximate surface area is 176 Å². The summed E-state index contributed by atoms with van der Waals surface area (Å²) in [6.07, 6.45) is -3.86. The van der Waals surface area contributed by atoms with E-state index < -0.39 is 30.3 Å². The molecule has 166 valence electrons. The van der Waals surface area contributed by atoms with Crippen LogP contribution in [-0.2, 0) is 15.7 Å². The van der Waals surface area contributed by atoms with E-state index >= 15 is 0 Å². The van der Waals surface area contributed by atoms with Gasteiger partial charge in [-0.3, -0.25) is 4.79 Å². The van der Waals surface area contributed by atoms with Crippen molar-refractivity contribution in [2.24, 2.45) is 5.10 Å². The summed E-state index contributed by atoms with van der Waals surface area (Å²) in [4.78, 5) is 23.2. The second-order valence-corrected chi connectivity index (χ2v) is 5.92. The number of nitrogens with one attached hydrogen (secondary N) is 2. The summed E-state index contributed by atoms with van der Waals surface area (Å²) in [6.45, 7) is 1.42. The molecule has 2 rings (SSSR count). The Kier molecular flexibility index (Phi) is 8.24. The fourth-order valence-corrected chi connectivity index (χ4v) is 2.32. The SMILES string of the molecule is CCOC(=O)N/N=C\c1ccc(OCC(=O)Nc2cccc(C(F)(F)F)c2)c(OC)c1. The molecule has 0 spiro atoms. The van der Waals surface area contributed by atoms with E-state index in [1.165, 1.54) is 31.5 Å². The summed E-state index contributed by atoms with van der Waals surface area (Å²) in [5, 5.41) is 6.06. The first kappa shape index (κ1) is 23.5. The number of hydrogen-bond acceptors (Lipinski definition) is 6. The highest BCUT2D eigenvalue weighted by Gasteiger charge is 2.30. The highest BCUT2D eigenvalue weighted by Crippen LogP contribution is 2.31. The number of ether oxygens (including phenoxy) is 3. The number of alkyl halides is 3. The van der Waals surface area contributed by atoms with Crippen molar-refractivity contribution in [1.29, 1.82) is 0 Å². The zero-order valence-electron chi connectivity index (χ0n) is 16.7. The molecule has 0 aliphatic heterocycles. The van der Waals surface area contributed by atoms with Crippen molar-refractivity contribution in [2.75, 3.05) is 25.6 Å². The van der Waals surface area contributed by atoms with E-state index in [0.717, 1.165) is 12.1 Å². The van der Waals surface area contributed by atoms with Gasteiger partial charge in [0.25, 0.3) is 5.91 Å². The van der Waals surface area contributed by atoms with Gasteiger partial charge < -0.3 is 19.5 Å². The first-order chi connectivity index (χ1) is 14.7. The monoisotopic (exact) mass is 439 g/mol. The van der Waals surface area contributed by atoms with Crippen molar-refractivity contribution >= 4 is 23.9 Å². The maximum atomic E-state index is 12.8. The quantitative estimate of drug-likeness (QED) is 0.482. The lowest BCUT2D eigenvalue weighted by Crippen LogP contribution is -2.20. The number of carbonyl (C=O) groups excluding carboxylic acids is 2. The van der Waals surface area contributed by atoms with Gasteiger partial charge in [0.05, 0.1) is 25.5 Å². The molecule has 8 nitrogen and oxygen atoms in total. The molecular formula is C20H20F3N3O5. The van der Waals surface area contributed by atoms with Gasteiger partial charge in [-0.05, 0) is 48.9 Å². The third-order valence-corrected chi connectivity index (χ3v) is 3.66. The second-order valence-electron chi connectivity index (χ2n) is 5.92. The van der Waals surface area contributed by atoms with Crippen LogP contribution in [0.15, 0.2) is 47.6 Å². The van der Waals surface area contributed by atoms with E-state index in [-0.39, 0.29) is 23.8 Å². The molecule has 31 heavy (non-hydrogen) atoms. The Morgan fingerprint density at radius 1 is 1.13 bits per heavy atom. The van der Waals surface area contributed by atoms with Crippen molar-refractivity contribution in [3.05, 3.63) is 53.6 Å². The Morgan fingerprint density at radius 3 is 2.58 bits per heavy atom. The zero-order chi connectivity index (χ0) is 22.9. The molecule has 2 N–H and O–H groups in total. The maximum Gasteiger partial charge on any atom is 0.427 e. The summed E-state index contributed by atoms with van der Waals surface area (Å²) in [7, 11) is 1.39. The predicted molar refractivity (Wildman–Crippen MR) is 106 cm³/mol. The van der Waals surface area contributed by atoms with Gasteiger partial charge in [0.1, 0.15) is 0 Å². The standard InChI is InChI=1S/C20H20F3N3O5/c1-3-30-19(28)26-24-11-13-7-8-16(17(9-13)29-2)31-12-18(27)25-15-6-4-5-14(10-15)20(21,22)23/h4-11H,3,12H2,1-2H3,(H,25,27)(H,26,28)/b24-11-. The minimum Gasteiger partial charge on any atom is -0.493 e. The number of hydrazone groups is 1. The molecule has 2 aromatic rings. The lowest BCUT2D eigenvalue weighted by molar-refractivity contribution is -0.137. The van der Waals surface area contributed by atoms with Gasteiger partial charge in [0, 0.05) is 5.69 Å². The minimum atomic E-state index is -4.51. The molecule has 0 saturated carbocycles. The average Bonchev–Trinajstić information content (AvgIpc) is 2.72. The summed E-state index contributed by atoms with van der Waals surface area (Å²) in [5.74, 6) is -0.130. The van der Waals surface area contributed by atoms with Gasteiger partial charge in [-0.2, -0.15) is 18.3 Å². The molecule has 2 aromatic carbocycles. The van der Waals surface area contributed by atoms with E-state index in [2.05, 4.69) is 20.6 Å². The number of carbonyl (C=O) groups is 2. The first-order valence-corrected chi connectivity index (χ1v) is 8.96. The van der Waals surface area contributed by atoms with Gasteiger partial charge in [-0.1, -0.05) is 6.07 Å². The summed E-state index contributed by atoms with van der Waals surface area (Å²) in [5.41, 5.74) is 1.86. The lowest BCUT2D eigenvalue weighted by atomic mass is 10.2. The number of hydrogen-bond donors (Lipinski definition) is 2. The van der Waals surface area contributed by atoms with Crippen LogP contribution in [0.3, 0.4) is 0 Å². The summed E-state index contributed by atoms with van der Waals surface area (Å²) in [6, 6.07) is 8.93. The van der Waals surface area contributed by atoms with Crippen LogP contribution in [-0.4, -0.2) is 38.5 Å². The van der Waals surface area contributed by atoms with Gasteiger partial charge >= 0.3 is 12.3 Å². The number of amides is 2. The highest BCUT2D eigenvalue weighted by atomic mass is 19.4. The van der Waals surface area contributed by atoms with Gasteiger partial charge in [0.2, 0.25) is 0 Å². The van der Waals surface area contributed by atoms with Crippen LogP contribution in [0.25, 0.3) is 0 Å². The Bertz CT molecular complexity index is 948. The highest BCUT2D eigenvalue weighted by molar-refractivity contribution is 5.92. The number of rotatable bonds is 8. The maximum absolute atomic E-state index is 12.8. The second kappa shape index (κ2) is 10.9. The molecule has 0 radical (unpaired) electrons. The molecular weight excluding hydrogens is 419 g/mol. The molecule has 0 unspecified atom stereocenters. The molecule has 0 saturated heterocycles. The van der Waals surface area contributed by atoms with Gasteiger partial charge in [0.15, 0.2) is 18.1 Å². The van der Waals surface area contributed by atoms with E-state index in [4.69, 9.17) is 9.47 Å². The van der Waals surface area contributed by atoms with Crippen LogP contribution in [0.5, 0.6) is 11.5 Å². The molecule has 0 aromatic heterocycles. The zero-order valence-corrected chi connectivity index (χ0v) is 16.7. The van der Waals surface area contributed by atoms with E-state index in [1.807, 2.05) is 0 Å². The molecule has 0 aliphatic rings. The lowest BCUT2D eigenvalue weighted by Gasteiger charge is -2.12. The number of methoxy groups -OCH3 is 1. The molecule has 0 heterocycles. The smallest absolute Gasteiger partial charge is 0.427 e. The van der Waals surface area contributed by atoms with Crippen molar-refractivity contribution in [3.63, 3.8) is 0 Å². The molecule has 0 bridgehead atoms. The van der Waals surface area contributed by atoms with Crippen LogP contribution >= 0.6 is 0 Å². The van der Waals surface area contributed by atoms with Crippen molar-refractivity contribution in [2.45, 2.75) is 13.1 Å². The van der Waals surface area contributed by atoms with Crippen molar-refractivity contribution < 1.29 is 37.0 Å². The van der Waals surface area contributed by atoms with Crippen LogP contribution in [0.2, 0.25) is 0 Å². The normalized spacial score (nSPS) is 11.1. The van der Waals surface area contributed by atoms with Crippen LogP contribution in [0, 0.1) is 0 Å². The average molecular weight is 439 g/mol. The van der Waals surface area contributed by atoms with Crippen LogP contribution in [0.1, 0.15) is 18.1 Å². The Hall–Kier alpha value is -3.76. The van der Waals surface area contributed by atoms with Crippen LogP contribution < -0.4 is 20.2 Å². The largest absolute Gasteiger partial charge is 0.493 e. The summed E-state index contributed by atoms with van der Waals surface area (Å²) >= 11 is 0. The fourth-order valence-electron chi connectivity index (χ4n) is 2.32. The summed E-state index contributed by atoms with van der Waals surface area (Å²) < 4.78 is 53.5. The molecule has 0 fully saturated rings. The molecule has 11 heteroatoms. The molecule has 0 aliphatic carbocycles. The Morgan fingerprint density at radius 2 is 1.90 bits per heavy atom. The number of anilines is 1. The van der Waals surface area contributed by atoms with Crippen molar-refractivity contribution in [3.8, 4) is 11.5 Å². The predicted octanol–water partition coefficient (Wildman–Crippen LogP) is 3.81. The minimum absolute atomic E-state index is 0.00366.